The van der Waals surface area contributed by atoms with Gasteiger partial charge in [0.05, 0.1) is 21.3 Å². The van der Waals surface area contributed by atoms with Crippen molar-refractivity contribution in [3.05, 3.63) is 303 Å². The predicted octanol–water partition coefficient (Wildman–Crippen LogP) is 22.2. The molecule has 0 saturated carbocycles. The van der Waals surface area contributed by atoms with E-state index in [0.29, 0.717) is 34.9 Å². The van der Waals surface area contributed by atoms with Gasteiger partial charge in [-0.25, -0.2) is 39.9 Å². The molecule has 0 fully saturated rings. The molecule has 8 nitrogen and oxygen atoms in total. The van der Waals surface area contributed by atoms with Crippen molar-refractivity contribution in [2.75, 3.05) is 0 Å². The molecule has 18 aromatic rings. The predicted molar refractivity (Wildman–Crippen MR) is 389 cm³/mol. The molecule has 18 rings (SSSR count). The molecule has 0 bridgehead atoms. The summed E-state index contributed by atoms with van der Waals surface area (Å²) in [6.07, 6.45) is 0. The van der Waals surface area contributed by atoms with Gasteiger partial charge in [0.1, 0.15) is 4.83 Å². The topological polar surface area (TPSA) is 103 Å². The molecule has 0 N–H and O–H groups in total. The second-order valence-electron chi connectivity index (χ2n) is 23.4. The number of hydrogen-bond donors (Lipinski definition) is 0. The summed E-state index contributed by atoms with van der Waals surface area (Å²) in [5.74, 6) is 3.60. The Labute approximate surface area is 548 Å². The summed E-state index contributed by atoms with van der Waals surface area (Å²) in [6, 6.07) is 106. The van der Waals surface area contributed by atoms with Crippen LogP contribution in [0.1, 0.15) is 0 Å². The van der Waals surface area contributed by atoms with Crippen LogP contribution >= 0.6 is 22.7 Å². The molecule has 0 atom stereocenters. The van der Waals surface area contributed by atoms with Crippen LogP contribution in [-0.2, 0) is 0 Å². The minimum absolute atomic E-state index is 0.593. The minimum atomic E-state index is 0.593. The molecule has 0 aliphatic carbocycles. The smallest absolute Gasteiger partial charge is 0.166 e. The van der Waals surface area contributed by atoms with Crippen LogP contribution in [0.15, 0.2) is 303 Å². The van der Waals surface area contributed by atoms with Crippen LogP contribution in [0.25, 0.3) is 186 Å². The van der Waals surface area contributed by atoms with Crippen LogP contribution in [0.5, 0.6) is 0 Å². The van der Waals surface area contributed by atoms with Crippen molar-refractivity contribution in [1.29, 1.82) is 0 Å². The van der Waals surface area contributed by atoms with Crippen LogP contribution in [0.2, 0.25) is 0 Å². The monoisotopic (exact) mass is 1230 g/mol. The Balaban J connectivity index is 0.657. The molecular formula is C84H50N8S2. The molecular weight excluding hydrogens is 1190 g/mol. The molecule has 0 spiro atoms. The summed E-state index contributed by atoms with van der Waals surface area (Å²) >= 11 is 3.42. The first-order valence-electron chi connectivity index (χ1n) is 31.2. The molecule has 94 heavy (non-hydrogen) atoms. The summed E-state index contributed by atoms with van der Waals surface area (Å²) in [6.45, 7) is 0. The lowest BCUT2D eigenvalue weighted by atomic mass is 9.96. The number of thiophene rings is 2. The van der Waals surface area contributed by atoms with Crippen molar-refractivity contribution in [2.45, 2.75) is 0 Å². The van der Waals surface area contributed by atoms with Gasteiger partial charge in [-0.15, -0.1) is 22.7 Å². The summed E-state index contributed by atoms with van der Waals surface area (Å²) < 4.78 is 3.39. The molecule has 0 aliphatic heterocycles. The fraction of sp³-hybridized carbons (Fsp3) is 0. The lowest BCUT2D eigenvalue weighted by Gasteiger charge is -2.12. The van der Waals surface area contributed by atoms with Crippen LogP contribution in [-0.4, -0.2) is 39.9 Å². The van der Waals surface area contributed by atoms with Crippen molar-refractivity contribution in [2.24, 2.45) is 0 Å². The Morgan fingerprint density at radius 3 is 0.989 bits per heavy atom. The quantitative estimate of drug-likeness (QED) is 0.126. The molecule has 10 heteroatoms. The van der Waals surface area contributed by atoms with Crippen molar-refractivity contribution < 1.29 is 0 Å². The van der Waals surface area contributed by atoms with Gasteiger partial charge in [0.15, 0.2) is 34.9 Å². The van der Waals surface area contributed by atoms with Crippen molar-refractivity contribution in [3.8, 4) is 124 Å². The molecule has 438 valence electrons. The summed E-state index contributed by atoms with van der Waals surface area (Å²) in [5.41, 5.74) is 19.4. The molecule has 12 aromatic carbocycles. The summed E-state index contributed by atoms with van der Waals surface area (Å²) in [5, 5.41) is 5.29. The summed E-state index contributed by atoms with van der Waals surface area (Å²) in [4.78, 5) is 43.1. The molecule has 0 unspecified atom stereocenters. The van der Waals surface area contributed by atoms with Crippen LogP contribution in [0, 0.1) is 0 Å². The minimum Gasteiger partial charge on any atom is -0.246 e. The van der Waals surface area contributed by atoms with Gasteiger partial charge in [-0.3, -0.25) is 0 Å². The second-order valence-corrected chi connectivity index (χ2v) is 25.5. The maximum Gasteiger partial charge on any atom is 0.166 e. The molecule has 0 aliphatic rings. The van der Waals surface area contributed by atoms with Crippen molar-refractivity contribution >= 4 is 85.1 Å². The standard InChI is InChI=1S/C84H50N8S2/c1-3-16-51(17-4-1)53-34-42-59(43-35-53)78-87-79(90-82(89-78)73-65-22-7-12-27-70(65)86-84-74(73)67-24-9-13-28-71(67)94-84)60-46-38-56(39-47-60)55-30-32-57(33-31-55)63-20-15-21-64(50-63)58-40-48-62(49-41-58)81-88-80(61-44-36-54(37-45-61)52-18-5-2-6-19-52)91-83(92-81)75-66-23-8-11-26-69(66)85-76-68-25-10-14-29-72(68)93-77(75)76/h1-50H. The zero-order valence-electron chi connectivity index (χ0n) is 50.3. The highest BCUT2D eigenvalue weighted by Crippen LogP contribution is 2.45. The van der Waals surface area contributed by atoms with E-state index in [-0.39, 0.29) is 0 Å². The largest absolute Gasteiger partial charge is 0.246 e. The van der Waals surface area contributed by atoms with E-state index in [4.69, 9.17) is 39.9 Å². The van der Waals surface area contributed by atoms with E-state index in [0.717, 1.165) is 142 Å². The molecule has 0 radical (unpaired) electrons. The first kappa shape index (κ1) is 54.8. The number of pyridine rings is 2. The third kappa shape index (κ3) is 9.93. The zero-order valence-corrected chi connectivity index (χ0v) is 51.9. The maximum absolute atomic E-state index is 5.35. The number of rotatable bonds is 11. The third-order valence-electron chi connectivity index (χ3n) is 17.7. The fourth-order valence-electron chi connectivity index (χ4n) is 12.9. The van der Waals surface area contributed by atoms with E-state index in [2.05, 4.69) is 279 Å². The first-order valence-corrected chi connectivity index (χ1v) is 32.8. The van der Waals surface area contributed by atoms with Gasteiger partial charge >= 0.3 is 0 Å². The third-order valence-corrected chi connectivity index (χ3v) is 19.9. The van der Waals surface area contributed by atoms with Gasteiger partial charge in [0.2, 0.25) is 0 Å². The average Bonchev–Trinajstić information content (AvgIpc) is 1.54. The van der Waals surface area contributed by atoms with Gasteiger partial charge in [0.25, 0.3) is 0 Å². The number of aromatic nitrogens is 8. The van der Waals surface area contributed by atoms with Crippen LogP contribution < -0.4 is 0 Å². The Morgan fingerprint density at radius 2 is 0.521 bits per heavy atom. The highest BCUT2D eigenvalue weighted by Gasteiger charge is 2.24. The van der Waals surface area contributed by atoms with Crippen LogP contribution in [0.4, 0.5) is 0 Å². The molecule has 6 aromatic heterocycles. The Hall–Kier alpha value is -12.1. The molecule has 0 amide bonds. The Morgan fingerprint density at radius 1 is 0.202 bits per heavy atom. The maximum atomic E-state index is 5.35. The van der Waals surface area contributed by atoms with Gasteiger partial charge in [0, 0.05) is 69.7 Å². The Kier molecular flexibility index (Phi) is 13.4. The van der Waals surface area contributed by atoms with Gasteiger partial charge < -0.3 is 0 Å². The molecule has 0 saturated heterocycles. The van der Waals surface area contributed by atoms with E-state index in [1.165, 1.54) is 9.40 Å². The fourth-order valence-corrected chi connectivity index (χ4v) is 15.2. The number of fused-ring (bicyclic) bond motifs is 8. The highest BCUT2D eigenvalue weighted by atomic mass is 32.1. The van der Waals surface area contributed by atoms with Crippen molar-refractivity contribution in [3.63, 3.8) is 0 Å². The second kappa shape index (κ2) is 23.0. The lowest BCUT2D eigenvalue weighted by molar-refractivity contribution is 1.08. The van der Waals surface area contributed by atoms with E-state index in [1.807, 2.05) is 24.3 Å². The van der Waals surface area contributed by atoms with E-state index >= 15 is 0 Å². The van der Waals surface area contributed by atoms with Crippen LogP contribution in [0.3, 0.4) is 0 Å². The van der Waals surface area contributed by atoms with Gasteiger partial charge in [-0.05, 0) is 86.0 Å². The van der Waals surface area contributed by atoms with E-state index < -0.39 is 0 Å². The molecule has 6 heterocycles. The van der Waals surface area contributed by atoms with Crippen molar-refractivity contribution in [1.82, 2.24) is 39.9 Å². The normalized spacial score (nSPS) is 11.6. The lowest BCUT2D eigenvalue weighted by Crippen LogP contribution is -2.01. The average molecular weight is 1240 g/mol. The van der Waals surface area contributed by atoms with Gasteiger partial charge in [-0.1, -0.05) is 273 Å². The zero-order chi connectivity index (χ0) is 62.1. The number of para-hydroxylation sites is 2. The van der Waals surface area contributed by atoms with E-state index in [9.17, 15) is 0 Å². The Bertz CT molecular complexity index is 5940. The highest BCUT2D eigenvalue weighted by molar-refractivity contribution is 7.26. The van der Waals surface area contributed by atoms with Gasteiger partial charge in [-0.2, -0.15) is 0 Å². The SMILES string of the molecule is c1ccc(-c2ccc(-c3nc(-c4ccc(-c5cccc(-c6ccc(-c7ccc(-c8nc(-c9ccc(-c%10ccccc%10)cc9)nc(-c9c%10ccccc%10nc%10sc%11ccccc%11c9%10)n8)cc7)cc6)c5)cc4)nc(-c4c5ccccc5nc5c4sc4ccccc45)n3)cc2)cc1. The first-order chi connectivity index (χ1) is 46.5. The number of hydrogen-bond acceptors (Lipinski definition) is 10. The van der Waals surface area contributed by atoms with E-state index in [1.54, 1.807) is 22.7 Å². The summed E-state index contributed by atoms with van der Waals surface area (Å²) in [7, 11) is 0. The number of nitrogens with zero attached hydrogens (tertiary/aromatic N) is 8. The number of benzene rings is 12.